The van der Waals surface area contributed by atoms with E-state index in [1.807, 2.05) is 0 Å². The fourth-order valence-electron chi connectivity index (χ4n) is 2.35. The van der Waals surface area contributed by atoms with E-state index in [2.05, 4.69) is 35.4 Å². The van der Waals surface area contributed by atoms with Crippen molar-refractivity contribution in [1.29, 1.82) is 0 Å². The van der Waals surface area contributed by atoms with Crippen LogP contribution >= 0.6 is 24.0 Å². The zero-order chi connectivity index (χ0) is 12.5. The molecule has 1 aliphatic rings. The molecule has 0 amide bonds. The number of nitrogens with one attached hydrogen (secondary N) is 2. The first kappa shape index (κ1) is 17.6. The van der Waals surface area contributed by atoms with Gasteiger partial charge in [-0.25, -0.2) is 0 Å². The number of terminal acetylenes is 1. The van der Waals surface area contributed by atoms with Gasteiger partial charge in [0, 0.05) is 13.1 Å². The summed E-state index contributed by atoms with van der Waals surface area (Å²) in [5, 5.41) is 6.34. The lowest BCUT2D eigenvalue weighted by Crippen LogP contribution is -2.38. The van der Waals surface area contributed by atoms with Gasteiger partial charge in [-0.1, -0.05) is 32.1 Å². The molecule has 3 nitrogen and oxygen atoms in total. The molecule has 104 valence electrons. The first-order valence-corrected chi connectivity index (χ1v) is 6.73. The second-order valence-corrected chi connectivity index (χ2v) is 4.80. The Morgan fingerprint density at radius 1 is 1.33 bits per heavy atom. The quantitative estimate of drug-likeness (QED) is 0.349. The van der Waals surface area contributed by atoms with Crippen LogP contribution < -0.4 is 10.6 Å². The second-order valence-electron chi connectivity index (χ2n) is 4.80. The Morgan fingerprint density at radius 2 is 2.06 bits per heavy atom. The third kappa shape index (κ3) is 6.48. The van der Waals surface area contributed by atoms with Gasteiger partial charge in [0.15, 0.2) is 5.96 Å². The smallest absolute Gasteiger partial charge is 0.192 e. The summed E-state index contributed by atoms with van der Waals surface area (Å²) in [5.41, 5.74) is 0. The normalized spacial score (nSPS) is 23.7. The SMILES string of the molecule is C#CCNC(=NCC1CCCCC1C)NCC.I. The maximum atomic E-state index is 5.24. The van der Waals surface area contributed by atoms with Crippen molar-refractivity contribution < 1.29 is 0 Å². The maximum absolute atomic E-state index is 5.24. The van der Waals surface area contributed by atoms with Gasteiger partial charge in [0.1, 0.15) is 0 Å². The Labute approximate surface area is 129 Å². The molecule has 0 spiro atoms. The maximum Gasteiger partial charge on any atom is 0.192 e. The molecule has 2 atom stereocenters. The van der Waals surface area contributed by atoms with E-state index in [-0.39, 0.29) is 24.0 Å². The van der Waals surface area contributed by atoms with Crippen LogP contribution in [-0.4, -0.2) is 25.6 Å². The van der Waals surface area contributed by atoms with Crippen molar-refractivity contribution in [2.75, 3.05) is 19.6 Å². The van der Waals surface area contributed by atoms with Crippen LogP contribution in [0.3, 0.4) is 0 Å². The Kier molecular flexibility index (Phi) is 10.2. The summed E-state index contributed by atoms with van der Waals surface area (Å²) in [7, 11) is 0. The Hall–Kier alpha value is -0.440. The molecule has 1 saturated carbocycles. The van der Waals surface area contributed by atoms with Gasteiger partial charge in [0.25, 0.3) is 0 Å². The highest BCUT2D eigenvalue weighted by Gasteiger charge is 2.20. The first-order valence-electron chi connectivity index (χ1n) is 6.73. The molecule has 0 aromatic rings. The van der Waals surface area contributed by atoms with Crippen LogP contribution in [0.15, 0.2) is 4.99 Å². The fraction of sp³-hybridized carbons (Fsp3) is 0.786. The van der Waals surface area contributed by atoms with Gasteiger partial charge in [-0.05, 0) is 25.2 Å². The van der Waals surface area contributed by atoms with E-state index in [1.54, 1.807) is 0 Å². The van der Waals surface area contributed by atoms with E-state index in [1.165, 1.54) is 25.7 Å². The highest BCUT2D eigenvalue weighted by Crippen LogP contribution is 2.29. The van der Waals surface area contributed by atoms with Crippen LogP contribution in [0.4, 0.5) is 0 Å². The van der Waals surface area contributed by atoms with Crippen LogP contribution in [0.25, 0.3) is 0 Å². The lowest BCUT2D eigenvalue weighted by Gasteiger charge is -2.27. The molecule has 0 saturated heterocycles. The highest BCUT2D eigenvalue weighted by atomic mass is 127. The van der Waals surface area contributed by atoms with Crippen molar-refractivity contribution in [3.63, 3.8) is 0 Å². The Balaban J connectivity index is 0.00000289. The van der Waals surface area contributed by atoms with Crippen molar-refractivity contribution >= 4 is 29.9 Å². The lowest BCUT2D eigenvalue weighted by atomic mass is 9.80. The Morgan fingerprint density at radius 3 is 2.67 bits per heavy atom. The van der Waals surface area contributed by atoms with E-state index in [4.69, 9.17) is 6.42 Å². The van der Waals surface area contributed by atoms with E-state index in [9.17, 15) is 0 Å². The van der Waals surface area contributed by atoms with Crippen LogP contribution in [0.1, 0.15) is 39.5 Å². The average molecular weight is 363 g/mol. The third-order valence-corrected chi connectivity index (χ3v) is 3.48. The topological polar surface area (TPSA) is 36.4 Å². The summed E-state index contributed by atoms with van der Waals surface area (Å²) < 4.78 is 0. The summed E-state index contributed by atoms with van der Waals surface area (Å²) in [6.07, 6.45) is 10.7. The summed E-state index contributed by atoms with van der Waals surface area (Å²) in [6.45, 7) is 6.74. The summed E-state index contributed by atoms with van der Waals surface area (Å²) in [5.74, 6) is 4.97. The van der Waals surface area contributed by atoms with Gasteiger partial charge in [0.2, 0.25) is 0 Å². The van der Waals surface area contributed by atoms with Crippen molar-refractivity contribution in [3.8, 4) is 12.3 Å². The molecule has 0 heterocycles. The molecule has 1 rings (SSSR count). The molecule has 0 aliphatic heterocycles. The number of guanidine groups is 1. The zero-order valence-electron chi connectivity index (χ0n) is 11.5. The number of hydrogen-bond acceptors (Lipinski definition) is 1. The number of halogens is 1. The Bertz CT molecular complexity index is 283. The van der Waals surface area contributed by atoms with E-state index < -0.39 is 0 Å². The van der Waals surface area contributed by atoms with Gasteiger partial charge in [-0.15, -0.1) is 30.4 Å². The van der Waals surface area contributed by atoms with Gasteiger partial charge in [-0.3, -0.25) is 4.99 Å². The van der Waals surface area contributed by atoms with Crippen molar-refractivity contribution in [3.05, 3.63) is 0 Å². The predicted molar refractivity (Wildman–Crippen MR) is 89.4 cm³/mol. The minimum atomic E-state index is 0. The molecule has 0 radical (unpaired) electrons. The zero-order valence-corrected chi connectivity index (χ0v) is 13.9. The average Bonchev–Trinajstić information content (AvgIpc) is 2.34. The predicted octanol–water partition coefficient (Wildman–Crippen LogP) is 2.62. The minimum absolute atomic E-state index is 0. The summed E-state index contributed by atoms with van der Waals surface area (Å²) in [6, 6.07) is 0. The number of rotatable bonds is 4. The lowest BCUT2D eigenvalue weighted by molar-refractivity contribution is 0.263. The van der Waals surface area contributed by atoms with Crippen molar-refractivity contribution in [2.24, 2.45) is 16.8 Å². The van der Waals surface area contributed by atoms with E-state index >= 15 is 0 Å². The highest BCUT2D eigenvalue weighted by molar-refractivity contribution is 14.0. The van der Waals surface area contributed by atoms with Crippen LogP contribution in [-0.2, 0) is 0 Å². The van der Waals surface area contributed by atoms with E-state index in [0.717, 1.165) is 30.9 Å². The van der Waals surface area contributed by atoms with Gasteiger partial charge in [0.05, 0.1) is 6.54 Å². The molecule has 1 aliphatic carbocycles. The molecule has 0 aromatic heterocycles. The van der Waals surface area contributed by atoms with Gasteiger partial charge < -0.3 is 10.6 Å². The van der Waals surface area contributed by atoms with Crippen LogP contribution in [0, 0.1) is 24.2 Å². The van der Waals surface area contributed by atoms with Gasteiger partial charge >= 0.3 is 0 Å². The number of nitrogens with zero attached hydrogens (tertiary/aromatic N) is 1. The molecule has 2 N–H and O–H groups in total. The second kappa shape index (κ2) is 10.5. The summed E-state index contributed by atoms with van der Waals surface area (Å²) >= 11 is 0. The number of aliphatic imine (C=N–C) groups is 1. The standard InChI is InChI=1S/C14H25N3.HI/c1-4-10-16-14(15-5-2)17-11-13-9-7-6-8-12(13)3;/h1,12-13H,5-11H2,2-3H3,(H2,15,16,17);1H. The first-order chi connectivity index (χ1) is 8.27. The molecular formula is C14H26IN3. The molecule has 2 unspecified atom stereocenters. The largest absolute Gasteiger partial charge is 0.357 e. The fourth-order valence-corrected chi connectivity index (χ4v) is 2.35. The molecule has 0 bridgehead atoms. The minimum Gasteiger partial charge on any atom is -0.357 e. The van der Waals surface area contributed by atoms with E-state index in [0.29, 0.717) is 6.54 Å². The van der Waals surface area contributed by atoms with Crippen LogP contribution in [0.2, 0.25) is 0 Å². The molecule has 18 heavy (non-hydrogen) atoms. The number of hydrogen-bond donors (Lipinski definition) is 2. The summed E-state index contributed by atoms with van der Waals surface area (Å²) in [4.78, 5) is 4.62. The van der Waals surface area contributed by atoms with Crippen molar-refractivity contribution in [1.82, 2.24) is 10.6 Å². The molecule has 4 heteroatoms. The molecular weight excluding hydrogens is 337 g/mol. The monoisotopic (exact) mass is 363 g/mol. The van der Waals surface area contributed by atoms with Crippen LogP contribution in [0.5, 0.6) is 0 Å². The molecule has 1 fully saturated rings. The molecule has 0 aromatic carbocycles. The third-order valence-electron chi connectivity index (χ3n) is 3.48. The van der Waals surface area contributed by atoms with Gasteiger partial charge in [-0.2, -0.15) is 0 Å². The van der Waals surface area contributed by atoms with Crippen molar-refractivity contribution in [2.45, 2.75) is 39.5 Å².